The zero-order valence-corrected chi connectivity index (χ0v) is 20.7. The van der Waals surface area contributed by atoms with Gasteiger partial charge in [0.1, 0.15) is 16.1 Å². The summed E-state index contributed by atoms with van der Waals surface area (Å²) in [5.74, 6) is 0.975. The molecule has 1 aromatic carbocycles. The second-order valence-electron chi connectivity index (χ2n) is 8.68. The maximum Gasteiger partial charge on any atom is 0.261 e. The van der Waals surface area contributed by atoms with Gasteiger partial charge in [-0.25, -0.2) is 15.0 Å². The molecule has 8 nitrogen and oxygen atoms in total. The second kappa shape index (κ2) is 8.41. The van der Waals surface area contributed by atoms with Crippen molar-refractivity contribution in [2.75, 3.05) is 4.90 Å². The van der Waals surface area contributed by atoms with Crippen LogP contribution < -0.4 is 4.90 Å². The van der Waals surface area contributed by atoms with E-state index in [-0.39, 0.29) is 17.6 Å². The zero-order valence-electron chi connectivity index (χ0n) is 18.3. The summed E-state index contributed by atoms with van der Waals surface area (Å²) in [6.45, 7) is 1.42. The van der Waals surface area contributed by atoms with Gasteiger partial charge in [0.25, 0.3) is 5.91 Å². The Labute approximate surface area is 209 Å². The maximum absolute atomic E-state index is 13.6. The van der Waals surface area contributed by atoms with E-state index in [1.165, 1.54) is 0 Å². The van der Waals surface area contributed by atoms with E-state index in [1.54, 1.807) is 35.2 Å². The van der Waals surface area contributed by atoms with Gasteiger partial charge in [0.2, 0.25) is 0 Å². The highest BCUT2D eigenvalue weighted by atomic mass is 79.9. The molecule has 0 unspecified atom stereocenters. The van der Waals surface area contributed by atoms with Crippen molar-refractivity contribution in [3.8, 4) is 0 Å². The van der Waals surface area contributed by atoms with Crippen molar-refractivity contribution < 1.29 is 9.53 Å². The summed E-state index contributed by atoms with van der Waals surface area (Å²) in [4.78, 5) is 28.7. The molecule has 10 heteroatoms. The lowest BCUT2D eigenvalue weighted by Gasteiger charge is -2.22. The van der Waals surface area contributed by atoms with Gasteiger partial charge in [-0.15, -0.1) is 0 Å². The Hall–Kier alpha value is -2.88. The van der Waals surface area contributed by atoms with E-state index in [4.69, 9.17) is 21.3 Å². The van der Waals surface area contributed by atoms with Gasteiger partial charge >= 0.3 is 0 Å². The highest BCUT2D eigenvalue weighted by Gasteiger charge is 2.28. The summed E-state index contributed by atoms with van der Waals surface area (Å²) < 4.78 is 8.00. The molecule has 34 heavy (non-hydrogen) atoms. The van der Waals surface area contributed by atoms with Crippen molar-refractivity contribution in [3.05, 3.63) is 74.6 Å². The zero-order chi connectivity index (χ0) is 23.4. The Morgan fingerprint density at radius 2 is 2.00 bits per heavy atom. The molecule has 6 rings (SSSR count). The molecule has 0 spiro atoms. The molecule has 0 saturated heterocycles. The van der Waals surface area contributed by atoms with Gasteiger partial charge < -0.3 is 4.74 Å². The molecule has 1 saturated carbocycles. The molecule has 0 atom stereocenters. The summed E-state index contributed by atoms with van der Waals surface area (Å²) in [5.41, 5.74) is 4.93. The van der Waals surface area contributed by atoms with E-state index in [2.05, 4.69) is 31.0 Å². The van der Waals surface area contributed by atoms with Crippen molar-refractivity contribution in [3.63, 3.8) is 0 Å². The predicted octanol–water partition coefficient (Wildman–Crippen LogP) is 4.93. The Balaban J connectivity index is 1.37. The molecule has 172 valence electrons. The molecule has 0 radical (unpaired) electrons. The van der Waals surface area contributed by atoms with Crippen LogP contribution in [0.4, 0.5) is 5.69 Å². The number of ether oxygens (including phenoxy) is 1. The van der Waals surface area contributed by atoms with Crippen molar-refractivity contribution in [2.24, 2.45) is 7.05 Å². The van der Waals surface area contributed by atoms with Crippen LogP contribution in [0, 0.1) is 0 Å². The van der Waals surface area contributed by atoms with Crippen molar-refractivity contribution in [1.29, 1.82) is 0 Å². The molecule has 1 aliphatic heterocycles. The van der Waals surface area contributed by atoms with Crippen LogP contribution >= 0.6 is 27.5 Å². The molecule has 2 aliphatic rings. The Morgan fingerprint density at radius 3 is 2.71 bits per heavy atom. The third-order valence-electron chi connectivity index (χ3n) is 6.22. The summed E-state index contributed by atoms with van der Waals surface area (Å²) >= 11 is 9.97. The molecule has 4 heterocycles. The molecule has 1 fully saturated rings. The highest BCUT2D eigenvalue weighted by Crippen LogP contribution is 2.38. The molecule has 0 N–H and O–H groups in total. The molecule has 4 aromatic rings. The highest BCUT2D eigenvalue weighted by molar-refractivity contribution is 9.10. The van der Waals surface area contributed by atoms with Gasteiger partial charge in [0.05, 0.1) is 37.0 Å². The Bertz CT molecular complexity index is 1430. The second-order valence-corrected chi connectivity index (χ2v) is 9.79. The van der Waals surface area contributed by atoms with E-state index in [9.17, 15) is 4.79 Å². The van der Waals surface area contributed by atoms with Crippen LogP contribution in [0.3, 0.4) is 0 Å². The van der Waals surface area contributed by atoms with Crippen LogP contribution in [0.15, 0.2) is 41.4 Å². The number of aromatic nitrogens is 5. The monoisotopic (exact) mass is 538 g/mol. The largest absolute Gasteiger partial charge is 0.372 e. The minimum atomic E-state index is -0.242. The van der Waals surface area contributed by atoms with E-state index >= 15 is 0 Å². The lowest BCUT2D eigenvalue weighted by atomic mass is 10.0. The smallest absolute Gasteiger partial charge is 0.261 e. The number of benzene rings is 1. The number of hydrogen-bond acceptors (Lipinski definition) is 6. The molecule has 3 aromatic heterocycles. The number of fused-ring (bicyclic) bond motifs is 3. The fraction of sp³-hybridized carbons (Fsp3) is 0.292. The van der Waals surface area contributed by atoms with Crippen molar-refractivity contribution in [2.45, 2.75) is 38.5 Å². The average Bonchev–Trinajstić information content (AvgIpc) is 3.46. The predicted molar refractivity (Wildman–Crippen MR) is 131 cm³/mol. The normalized spacial score (nSPS) is 15.0. The third-order valence-corrected chi connectivity index (χ3v) is 7.14. The van der Waals surface area contributed by atoms with Gasteiger partial charge in [-0.2, -0.15) is 5.10 Å². The summed E-state index contributed by atoms with van der Waals surface area (Å²) in [7, 11) is 1.77. The first-order valence-electron chi connectivity index (χ1n) is 11.0. The van der Waals surface area contributed by atoms with E-state index in [0.717, 1.165) is 50.9 Å². The standard InChI is InChI=1S/C24H20BrClN6O2/c1-31-10-20(22(26)30-31)32(24(33)15-7-27-23(28-8-15)14-3-4-14)9-13-2-5-16-17-11-34-12-18(17)21(25)29-19(16)6-13/h2,5-8,10,14H,3-4,9,11-12H2,1H3. The topological polar surface area (TPSA) is 86.0 Å². The lowest BCUT2D eigenvalue weighted by molar-refractivity contribution is 0.0984. The number of hydrogen-bond donors (Lipinski definition) is 0. The SMILES string of the molecule is Cn1cc(N(Cc2ccc3c4c(c(Br)nc3c2)COC4)C(=O)c2cnc(C3CC3)nc2)c(Cl)n1. The fourth-order valence-electron chi connectivity index (χ4n) is 4.29. The number of carbonyl (C=O) groups is 1. The number of carbonyl (C=O) groups excluding carboxylic acids is 1. The summed E-state index contributed by atoms with van der Waals surface area (Å²) in [6.07, 6.45) is 7.14. The van der Waals surface area contributed by atoms with Gasteiger partial charge in [-0.1, -0.05) is 23.7 Å². The molecule has 0 bridgehead atoms. The van der Waals surface area contributed by atoms with E-state index in [1.807, 2.05) is 18.2 Å². The molecular formula is C24H20BrClN6O2. The first-order chi connectivity index (χ1) is 16.5. The van der Waals surface area contributed by atoms with Gasteiger partial charge in [-0.05, 0) is 46.0 Å². The number of pyridine rings is 1. The van der Waals surface area contributed by atoms with Crippen LogP contribution in [0.5, 0.6) is 0 Å². The lowest BCUT2D eigenvalue weighted by Crippen LogP contribution is -2.30. The number of aryl methyl sites for hydroxylation is 1. The summed E-state index contributed by atoms with van der Waals surface area (Å²) in [5, 5.41) is 5.53. The average molecular weight is 540 g/mol. The maximum atomic E-state index is 13.6. The quantitative estimate of drug-likeness (QED) is 0.334. The van der Waals surface area contributed by atoms with Crippen LogP contribution in [0.25, 0.3) is 10.9 Å². The number of halogens is 2. The van der Waals surface area contributed by atoms with Gasteiger partial charge in [0.15, 0.2) is 5.15 Å². The molecular weight excluding hydrogens is 520 g/mol. The molecule has 1 aliphatic carbocycles. The Morgan fingerprint density at radius 1 is 1.24 bits per heavy atom. The van der Waals surface area contributed by atoms with Crippen LogP contribution in [-0.2, 0) is 31.5 Å². The Kier molecular flexibility index (Phi) is 5.35. The van der Waals surface area contributed by atoms with Crippen molar-refractivity contribution in [1.82, 2.24) is 24.7 Å². The first-order valence-corrected chi connectivity index (χ1v) is 12.2. The minimum absolute atomic E-state index is 0.242. The minimum Gasteiger partial charge on any atom is -0.372 e. The summed E-state index contributed by atoms with van der Waals surface area (Å²) in [6, 6.07) is 6.04. The third kappa shape index (κ3) is 3.87. The number of amides is 1. The number of rotatable bonds is 5. The van der Waals surface area contributed by atoms with Crippen molar-refractivity contribution >= 4 is 50.0 Å². The molecule has 1 amide bonds. The number of anilines is 1. The fourth-order valence-corrected chi connectivity index (χ4v) is 5.10. The van der Waals surface area contributed by atoms with Gasteiger partial charge in [0, 0.05) is 36.3 Å². The van der Waals surface area contributed by atoms with Crippen LogP contribution in [0.2, 0.25) is 5.15 Å². The van der Waals surface area contributed by atoms with Gasteiger partial charge in [-0.3, -0.25) is 14.4 Å². The van der Waals surface area contributed by atoms with Crippen LogP contribution in [0.1, 0.15) is 51.6 Å². The van der Waals surface area contributed by atoms with E-state index in [0.29, 0.717) is 30.4 Å². The van der Waals surface area contributed by atoms with Crippen LogP contribution in [-0.4, -0.2) is 30.6 Å². The van der Waals surface area contributed by atoms with E-state index < -0.39 is 0 Å². The number of nitrogens with zero attached hydrogens (tertiary/aromatic N) is 6. The first kappa shape index (κ1) is 21.6.